The van der Waals surface area contributed by atoms with E-state index in [0.717, 1.165) is 0 Å². The van der Waals surface area contributed by atoms with E-state index in [9.17, 15) is 4.79 Å². The summed E-state index contributed by atoms with van der Waals surface area (Å²) in [6.07, 6.45) is 5.30. The van der Waals surface area contributed by atoms with Gasteiger partial charge in [-0.1, -0.05) is 0 Å². The molecule has 5 heteroatoms. The molecule has 14 heavy (non-hydrogen) atoms. The van der Waals surface area contributed by atoms with Crippen molar-refractivity contribution in [2.24, 2.45) is 10.8 Å². The molecular weight excluding hydrogens is 180 g/mol. The summed E-state index contributed by atoms with van der Waals surface area (Å²) in [6, 6.07) is 3.36. The van der Waals surface area contributed by atoms with Gasteiger partial charge < -0.3 is 5.73 Å². The summed E-state index contributed by atoms with van der Waals surface area (Å²) >= 11 is 0. The molecule has 5 nitrogen and oxygen atoms in total. The van der Waals surface area contributed by atoms with Gasteiger partial charge in [0.15, 0.2) is 0 Å². The summed E-state index contributed by atoms with van der Waals surface area (Å²) in [4.78, 5) is 15.1. The Morgan fingerprint density at radius 3 is 3.21 bits per heavy atom. The van der Waals surface area contributed by atoms with Crippen molar-refractivity contribution >= 4 is 12.1 Å². The number of nitrogens with one attached hydrogen (secondary N) is 1. The normalized spacial score (nSPS) is 10.4. The lowest BCUT2D eigenvalue weighted by molar-refractivity contribution is 0.0954. The SMILES string of the molecule is NCCC=NNC(=O)c1cccnc1. The number of rotatable bonds is 4. The largest absolute Gasteiger partial charge is 0.330 e. The lowest BCUT2D eigenvalue weighted by atomic mass is 10.3. The van der Waals surface area contributed by atoms with Gasteiger partial charge >= 0.3 is 0 Å². The van der Waals surface area contributed by atoms with E-state index in [1.165, 1.54) is 6.20 Å². The highest BCUT2D eigenvalue weighted by Gasteiger charge is 2.01. The standard InChI is InChI=1S/C9H12N4O/c10-4-2-6-12-13-9(14)8-3-1-5-11-7-8/h1,3,5-7H,2,4,10H2,(H,13,14). The Hall–Kier alpha value is -1.75. The first kappa shape index (κ1) is 10.3. The first-order chi connectivity index (χ1) is 6.84. The zero-order valence-electron chi connectivity index (χ0n) is 7.68. The summed E-state index contributed by atoms with van der Waals surface area (Å²) in [5, 5.41) is 3.71. The molecule has 0 aliphatic rings. The number of aromatic nitrogens is 1. The van der Waals surface area contributed by atoms with Gasteiger partial charge in [-0.25, -0.2) is 5.43 Å². The molecule has 3 N–H and O–H groups in total. The number of nitrogens with zero attached hydrogens (tertiary/aromatic N) is 2. The van der Waals surface area contributed by atoms with Crippen molar-refractivity contribution in [3.05, 3.63) is 30.1 Å². The fourth-order valence-corrected chi connectivity index (χ4v) is 0.805. The quantitative estimate of drug-likeness (QED) is 0.526. The third-order valence-electron chi connectivity index (χ3n) is 1.48. The summed E-state index contributed by atoms with van der Waals surface area (Å²) in [7, 11) is 0. The third-order valence-corrected chi connectivity index (χ3v) is 1.48. The first-order valence-corrected chi connectivity index (χ1v) is 4.26. The topological polar surface area (TPSA) is 80.4 Å². The van der Waals surface area contributed by atoms with Gasteiger partial charge in [0.05, 0.1) is 5.56 Å². The highest BCUT2D eigenvalue weighted by Crippen LogP contribution is 1.94. The molecule has 1 rings (SSSR count). The number of hydrogen-bond donors (Lipinski definition) is 2. The minimum atomic E-state index is -0.272. The molecule has 0 saturated heterocycles. The number of carbonyl (C=O) groups is 1. The molecule has 0 unspecified atom stereocenters. The second kappa shape index (κ2) is 5.82. The van der Waals surface area contributed by atoms with Crippen molar-refractivity contribution in [1.82, 2.24) is 10.4 Å². The predicted octanol–water partition coefficient (Wildman–Crippen LogP) is 0.146. The number of pyridine rings is 1. The van der Waals surface area contributed by atoms with Crippen molar-refractivity contribution in [2.75, 3.05) is 6.54 Å². The van der Waals surface area contributed by atoms with E-state index in [-0.39, 0.29) is 5.91 Å². The van der Waals surface area contributed by atoms with Crippen LogP contribution in [-0.2, 0) is 0 Å². The number of carbonyl (C=O) groups excluding carboxylic acids is 1. The minimum absolute atomic E-state index is 0.272. The van der Waals surface area contributed by atoms with Crippen LogP contribution in [0.1, 0.15) is 16.8 Å². The first-order valence-electron chi connectivity index (χ1n) is 4.26. The fraction of sp³-hybridized carbons (Fsp3) is 0.222. The molecule has 1 amide bonds. The molecule has 0 atom stereocenters. The average molecular weight is 192 g/mol. The van der Waals surface area contributed by atoms with Crippen molar-refractivity contribution in [3.8, 4) is 0 Å². The Morgan fingerprint density at radius 2 is 2.57 bits per heavy atom. The van der Waals surface area contributed by atoms with Gasteiger partial charge in [-0.3, -0.25) is 9.78 Å². The van der Waals surface area contributed by atoms with E-state index < -0.39 is 0 Å². The molecule has 0 spiro atoms. The summed E-state index contributed by atoms with van der Waals surface area (Å²) in [5.41, 5.74) is 8.09. The third kappa shape index (κ3) is 3.32. The van der Waals surface area contributed by atoms with Crippen molar-refractivity contribution in [1.29, 1.82) is 0 Å². The zero-order chi connectivity index (χ0) is 10.2. The van der Waals surface area contributed by atoms with E-state index in [0.29, 0.717) is 18.5 Å². The van der Waals surface area contributed by atoms with Crippen molar-refractivity contribution < 1.29 is 4.79 Å². The number of amides is 1. The van der Waals surface area contributed by atoms with Crippen molar-refractivity contribution in [2.45, 2.75) is 6.42 Å². The maximum absolute atomic E-state index is 11.3. The number of hydrogen-bond acceptors (Lipinski definition) is 4. The van der Waals surface area contributed by atoms with Gasteiger partial charge in [-0.15, -0.1) is 0 Å². The maximum Gasteiger partial charge on any atom is 0.272 e. The van der Waals surface area contributed by atoms with Crippen LogP contribution in [0.15, 0.2) is 29.6 Å². The monoisotopic (exact) mass is 192 g/mol. The molecule has 1 aromatic heterocycles. The molecule has 74 valence electrons. The van der Waals surface area contributed by atoms with Crippen LogP contribution >= 0.6 is 0 Å². The molecule has 0 bridgehead atoms. The van der Waals surface area contributed by atoms with E-state index in [4.69, 9.17) is 5.73 Å². The molecule has 0 saturated carbocycles. The highest BCUT2D eigenvalue weighted by atomic mass is 16.2. The molecule has 0 aromatic carbocycles. The van der Waals surface area contributed by atoms with Gasteiger partial charge in [0.1, 0.15) is 0 Å². The van der Waals surface area contributed by atoms with Crippen LogP contribution in [0.3, 0.4) is 0 Å². The maximum atomic E-state index is 11.3. The Labute approximate surface area is 82.0 Å². The molecule has 0 aliphatic heterocycles. The molecular formula is C9H12N4O. The average Bonchev–Trinajstić information content (AvgIpc) is 2.25. The lowest BCUT2D eigenvalue weighted by Gasteiger charge is -1.97. The van der Waals surface area contributed by atoms with Crippen LogP contribution in [0.4, 0.5) is 0 Å². The predicted molar refractivity (Wildman–Crippen MR) is 53.9 cm³/mol. The van der Waals surface area contributed by atoms with Crippen molar-refractivity contribution in [3.63, 3.8) is 0 Å². The van der Waals surface area contributed by atoms with Gasteiger partial charge in [-0.2, -0.15) is 5.10 Å². The molecule has 0 radical (unpaired) electrons. The Bertz CT molecular complexity index is 310. The van der Waals surface area contributed by atoms with Crippen LogP contribution in [0.5, 0.6) is 0 Å². The van der Waals surface area contributed by atoms with Gasteiger partial charge in [0, 0.05) is 18.6 Å². The van der Waals surface area contributed by atoms with E-state index in [2.05, 4.69) is 15.5 Å². The molecule has 1 heterocycles. The lowest BCUT2D eigenvalue weighted by Crippen LogP contribution is -2.17. The highest BCUT2D eigenvalue weighted by molar-refractivity contribution is 5.93. The van der Waals surface area contributed by atoms with Crippen LogP contribution in [0.25, 0.3) is 0 Å². The Kier molecular flexibility index (Phi) is 4.30. The van der Waals surface area contributed by atoms with Crippen LogP contribution in [-0.4, -0.2) is 23.7 Å². The zero-order valence-corrected chi connectivity index (χ0v) is 7.68. The number of hydrazone groups is 1. The summed E-state index contributed by atoms with van der Waals surface area (Å²) in [6.45, 7) is 0.520. The van der Waals surface area contributed by atoms with E-state index in [1.54, 1.807) is 24.5 Å². The van der Waals surface area contributed by atoms with E-state index in [1.807, 2.05) is 0 Å². The van der Waals surface area contributed by atoms with E-state index >= 15 is 0 Å². The van der Waals surface area contributed by atoms with Gasteiger partial charge in [0.25, 0.3) is 5.91 Å². The van der Waals surface area contributed by atoms with Gasteiger partial charge in [-0.05, 0) is 25.1 Å². The smallest absolute Gasteiger partial charge is 0.272 e. The molecule has 0 fully saturated rings. The summed E-state index contributed by atoms with van der Waals surface area (Å²) in [5.74, 6) is -0.272. The summed E-state index contributed by atoms with van der Waals surface area (Å²) < 4.78 is 0. The minimum Gasteiger partial charge on any atom is -0.330 e. The fourth-order valence-electron chi connectivity index (χ4n) is 0.805. The van der Waals surface area contributed by atoms with Crippen LogP contribution in [0, 0.1) is 0 Å². The second-order valence-electron chi connectivity index (χ2n) is 2.57. The molecule has 0 aliphatic carbocycles. The van der Waals surface area contributed by atoms with Crippen LogP contribution in [0.2, 0.25) is 0 Å². The Balaban J connectivity index is 2.44. The second-order valence-corrected chi connectivity index (χ2v) is 2.57. The van der Waals surface area contributed by atoms with Gasteiger partial charge in [0.2, 0.25) is 0 Å². The Morgan fingerprint density at radius 1 is 1.71 bits per heavy atom. The van der Waals surface area contributed by atoms with Crippen LogP contribution < -0.4 is 11.2 Å². The molecule has 1 aromatic rings. The number of nitrogens with two attached hydrogens (primary N) is 1.